The maximum absolute atomic E-state index is 10.4. The summed E-state index contributed by atoms with van der Waals surface area (Å²) in [6, 6.07) is 0. The maximum atomic E-state index is 10.4. The lowest BCUT2D eigenvalue weighted by Gasteiger charge is -2.08. The number of hydrogen-bond acceptors (Lipinski definition) is 3. The SMILES string of the molecule is CCC(C(=N)[CH]C(=O)O)C(=O)O. The van der Waals surface area contributed by atoms with Crippen molar-refractivity contribution < 1.29 is 19.8 Å². The van der Waals surface area contributed by atoms with Crippen LogP contribution in [-0.2, 0) is 9.59 Å². The van der Waals surface area contributed by atoms with E-state index in [9.17, 15) is 9.59 Å². The van der Waals surface area contributed by atoms with Crippen LogP contribution in [0.4, 0.5) is 0 Å². The number of carboxylic acids is 2. The Balaban J connectivity index is 4.22. The summed E-state index contributed by atoms with van der Waals surface area (Å²) in [5.41, 5.74) is -0.377. The average Bonchev–Trinajstić information content (AvgIpc) is 1.85. The van der Waals surface area contributed by atoms with Gasteiger partial charge in [-0.25, -0.2) is 0 Å². The van der Waals surface area contributed by atoms with Crippen LogP contribution in [0.3, 0.4) is 0 Å². The van der Waals surface area contributed by atoms with Crippen LogP contribution >= 0.6 is 0 Å². The van der Waals surface area contributed by atoms with E-state index in [0.717, 1.165) is 0 Å². The second kappa shape index (κ2) is 4.48. The molecule has 12 heavy (non-hydrogen) atoms. The fourth-order valence-electron chi connectivity index (χ4n) is 0.761. The van der Waals surface area contributed by atoms with Gasteiger partial charge in [0.2, 0.25) is 0 Å². The Labute approximate surface area is 69.5 Å². The molecule has 5 heteroatoms. The molecule has 0 saturated heterocycles. The van der Waals surface area contributed by atoms with E-state index in [0.29, 0.717) is 6.42 Å². The Bertz CT molecular complexity index is 211. The molecule has 0 aliphatic rings. The molecule has 0 bridgehead atoms. The first-order valence-corrected chi connectivity index (χ1v) is 3.38. The third kappa shape index (κ3) is 3.14. The van der Waals surface area contributed by atoms with E-state index in [1.54, 1.807) is 6.92 Å². The zero-order chi connectivity index (χ0) is 9.72. The van der Waals surface area contributed by atoms with Gasteiger partial charge in [0.15, 0.2) is 0 Å². The van der Waals surface area contributed by atoms with Crippen molar-refractivity contribution in [2.45, 2.75) is 13.3 Å². The first-order chi connectivity index (χ1) is 5.49. The normalized spacial score (nSPS) is 12.1. The molecule has 5 nitrogen and oxygen atoms in total. The molecule has 0 aliphatic carbocycles. The highest BCUT2D eigenvalue weighted by atomic mass is 16.4. The number of nitrogens with one attached hydrogen (secondary N) is 1. The number of carboxylic acid groups (broad SMARTS) is 2. The molecular weight excluding hydrogens is 162 g/mol. The van der Waals surface area contributed by atoms with Gasteiger partial charge in [-0.1, -0.05) is 6.92 Å². The molecule has 3 N–H and O–H groups in total. The Kier molecular flexibility index (Phi) is 3.96. The van der Waals surface area contributed by atoms with Crippen LogP contribution in [-0.4, -0.2) is 27.9 Å². The average molecular weight is 172 g/mol. The van der Waals surface area contributed by atoms with E-state index in [2.05, 4.69) is 0 Å². The molecule has 0 amide bonds. The fraction of sp³-hybridized carbons (Fsp3) is 0.429. The van der Waals surface area contributed by atoms with E-state index < -0.39 is 17.9 Å². The molecule has 0 aliphatic heterocycles. The monoisotopic (exact) mass is 172 g/mol. The summed E-state index contributed by atoms with van der Waals surface area (Å²) in [5.74, 6) is -3.47. The van der Waals surface area contributed by atoms with Crippen molar-refractivity contribution in [2.75, 3.05) is 0 Å². The van der Waals surface area contributed by atoms with Gasteiger partial charge in [-0.3, -0.25) is 9.59 Å². The van der Waals surface area contributed by atoms with Crippen molar-refractivity contribution in [3.05, 3.63) is 6.42 Å². The quantitative estimate of drug-likeness (QED) is 0.523. The zero-order valence-electron chi connectivity index (χ0n) is 6.57. The molecular formula is C7H10NO4. The Hall–Kier alpha value is -1.39. The van der Waals surface area contributed by atoms with Crippen molar-refractivity contribution in [2.24, 2.45) is 5.92 Å². The highest BCUT2D eigenvalue weighted by Crippen LogP contribution is 2.06. The second-order valence-electron chi connectivity index (χ2n) is 2.24. The lowest BCUT2D eigenvalue weighted by atomic mass is 9.98. The number of aliphatic carboxylic acids is 2. The first kappa shape index (κ1) is 10.6. The van der Waals surface area contributed by atoms with Gasteiger partial charge in [-0.15, -0.1) is 0 Å². The molecule has 67 valence electrons. The van der Waals surface area contributed by atoms with Gasteiger partial charge in [0.05, 0.1) is 5.92 Å². The van der Waals surface area contributed by atoms with Crippen LogP contribution in [0.25, 0.3) is 0 Å². The fourth-order valence-corrected chi connectivity index (χ4v) is 0.761. The summed E-state index contributed by atoms with van der Waals surface area (Å²) in [5, 5.41) is 23.8. The molecule has 1 radical (unpaired) electrons. The van der Waals surface area contributed by atoms with Crippen molar-refractivity contribution in [1.82, 2.24) is 0 Å². The third-order valence-electron chi connectivity index (χ3n) is 1.36. The molecule has 0 saturated carbocycles. The van der Waals surface area contributed by atoms with E-state index in [1.165, 1.54) is 0 Å². The largest absolute Gasteiger partial charge is 0.481 e. The lowest BCUT2D eigenvalue weighted by molar-refractivity contribution is -0.139. The summed E-state index contributed by atoms with van der Waals surface area (Å²) < 4.78 is 0. The summed E-state index contributed by atoms with van der Waals surface area (Å²) in [7, 11) is 0. The third-order valence-corrected chi connectivity index (χ3v) is 1.36. The van der Waals surface area contributed by atoms with E-state index >= 15 is 0 Å². The highest BCUT2D eigenvalue weighted by molar-refractivity contribution is 6.14. The molecule has 0 spiro atoms. The van der Waals surface area contributed by atoms with Gasteiger partial charge in [-0.05, 0) is 6.42 Å². The minimum Gasteiger partial charge on any atom is -0.481 e. The summed E-state index contributed by atoms with van der Waals surface area (Å²) in [6.07, 6.45) is 0.820. The second-order valence-corrected chi connectivity index (χ2v) is 2.24. The van der Waals surface area contributed by atoms with Gasteiger partial charge in [0.1, 0.15) is 6.42 Å². The van der Waals surface area contributed by atoms with Gasteiger partial charge in [0.25, 0.3) is 0 Å². The van der Waals surface area contributed by atoms with E-state index in [-0.39, 0.29) is 12.1 Å². The number of rotatable bonds is 5. The van der Waals surface area contributed by atoms with Crippen LogP contribution < -0.4 is 0 Å². The Morgan fingerprint density at radius 3 is 2.25 bits per heavy atom. The van der Waals surface area contributed by atoms with Gasteiger partial charge in [-0.2, -0.15) is 0 Å². The van der Waals surface area contributed by atoms with Gasteiger partial charge < -0.3 is 15.6 Å². The first-order valence-electron chi connectivity index (χ1n) is 3.38. The lowest BCUT2D eigenvalue weighted by Crippen LogP contribution is -2.24. The predicted molar refractivity (Wildman–Crippen MR) is 41.1 cm³/mol. The molecule has 0 aromatic carbocycles. The van der Waals surface area contributed by atoms with Crippen LogP contribution in [0.5, 0.6) is 0 Å². The molecule has 0 fully saturated rings. The molecule has 1 atom stereocenters. The molecule has 0 rings (SSSR count). The molecule has 0 heterocycles. The summed E-state index contributed by atoms with van der Waals surface area (Å²) >= 11 is 0. The van der Waals surface area contributed by atoms with Crippen molar-refractivity contribution in [3.63, 3.8) is 0 Å². The maximum Gasteiger partial charge on any atom is 0.313 e. The summed E-state index contributed by atoms with van der Waals surface area (Å²) in [4.78, 5) is 20.5. The van der Waals surface area contributed by atoms with Gasteiger partial charge >= 0.3 is 11.9 Å². The minimum atomic E-state index is -1.29. The predicted octanol–water partition coefficient (Wildman–Crippen LogP) is 0.406. The Morgan fingerprint density at radius 2 is 2.00 bits per heavy atom. The smallest absolute Gasteiger partial charge is 0.313 e. The standard InChI is InChI=1S/C7H10NO4/c1-2-4(7(11)12)5(8)3-6(9)10/h3-4,8H,2H2,1H3,(H,9,10)(H,11,12). The topological polar surface area (TPSA) is 98.5 Å². The molecule has 1 unspecified atom stereocenters. The van der Waals surface area contributed by atoms with Gasteiger partial charge in [0, 0.05) is 5.71 Å². The Morgan fingerprint density at radius 1 is 1.50 bits per heavy atom. The van der Waals surface area contributed by atoms with Crippen LogP contribution in [0.15, 0.2) is 0 Å². The highest BCUT2D eigenvalue weighted by Gasteiger charge is 2.22. The molecule has 0 aromatic rings. The van der Waals surface area contributed by atoms with Crippen molar-refractivity contribution in [3.8, 4) is 0 Å². The van der Waals surface area contributed by atoms with Crippen molar-refractivity contribution in [1.29, 1.82) is 5.41 Å². The van der Waals surface area contributed by atoms with E-state index in [4.69, 9.17) is 15.6 Å². The molecule has 0 aromatic heterocycles. The van der Waals surface area contributed by atoms with Crippen LogP contribution in [0.2, 0.25) is 0 Å². The zero-order valence-corrected chi connectivity index (χ0v) is 6.57. The number of carbonyl (C=O) groups is 2. The van der Waals surface area contributed by atoms with Crippen LogP contribution in [0, 0.1) is 17.7 Å². The van der Waals surface area contributed by atoms with Crippen LogP contribution in [0.1, 0.15) is 13.3 Å². The summed E-state index contributed by atoms with van der Waals surface area (Å²) in [6.45, 7) is 1.59. The van der Waals surface area contributed by atoms with E-state index in [1.807, 2.05) is 0 Å². The van der Waals surface area contributed by atoms with Crippen molar-refractivity contribution >= 4 is 17.7 Å². The minimum absolute atomic E-state index is 0.220. The number of hydrogen-bond donors (Lipinski definition) is 3.